The van der Waals surface area contributed by atoms with Gasteiger partial charge in [-0.05, 0) is 49.9 Å². The Bertz CT molecular complexity index is 1050. The summed E-state index contributed by atoms with van der Waals surface area (Å²) in [4.78, 5) is 12.6. The molecule has 3 aromatic rings. The minimum atomic E-state index is -2.18. The summed E-state index contributed by atoms with van der Waals surface area (Å²) in [6.07, 6.45) is 1.21. The Morgan fingerprint density at radius 2 is 1.45 bits per heavy atom. The van der Waals surface area contributed by atoms with E-state index < -0.39 is 17.2 Å². The number of aryl methyl sites for hydroxylation is 2. The van der Waals surface area contributed by atoms with Gasteiger partial charge in [0.1, 0.15) is 0 Å². The molecule has 0 heterocycles. The third-order valence-corrected chi connectivity index (χ3v) is 6.67. The second kappa shape index (κ2) is 11.8. The van der Waals surface area contributed by atoms with Crippen molar-refractivity contribution in [1.29, 1.82) is 0 Å². The van der Waals surface area contributed by atoms with Crippen molar-refractivity contribution < 1.29 is 18.3 Å². The van der Waals surface area contributed by atoms with E-state index in [1.165, 1.54) is 11.4 Å². The van der Waals surface area contributed by atoms with E-state index in [1.54, 1.807) is 0 Å². The molecule has 0 aromatic heterocycles. The quantitative estimate of drug-likeness (QED) is 0.305. The van der Waals surface area contributed by atoms with Crippen LogP contribution in [0.5, 0.6) is 0 Å². The molecule has 0 radical (unpaired) electrons. The van der Waals surface area contributed by atoms with Crippen LogP contribution in [0.3, 0.4) is 0 Å². The van der Waals surface area contributed by atoms with Crippen molar-refractivity contribution in [2.24, 2.45) is 0 Å². The molecular weight excluding hydrogens is 434 g/mol. The lowest BCUT2D eigenvalue weighted by Gasteiger charge is -2.27. The van der Waals surface area contributed by atoms with Crippen LogP contribution >= 0.6 is 0 Å². The van der Waals surface area contributed by atoms with Crippen molar-refractivity contribution in [1.82, 2.24) is 0 Å². The van der Waals surface area contributed by atoms with E-state index in [9.17, 15) is 13.6 Å². The number of carbonyl (C=O) groups is 1. The Hall–Kier alpha value is -2.96. The number of ether oxygens (including phenoxy) is 1. The van der Waals surface area contributed by atoms with Crippen molar-refractivity contribution in [3.63, 3.8) is 0 Å². The monoisotopic (exact) mass is 465 g/mol. The van der Waals surface area contributed by atoms with E-state index in [0.717, 1.165) is 22.3 Å². The molecule has 3 atom stereocenters. The summed E-state index contributed by atoms with van der Waals surface area (Å²) in [5.41, 5.74) is 4.90. The minimum Gasteiger partial charge on any atom is -0.469 e. The number of esters is 1. The first-order chi connectivity index (χ1) is 15.9. The molecule has 0 saturated carbocycles. The largest absolute Gasteiger partial charge is 0.469 e. The molecule has 0 fully saturated rings. The maximum absolute atomic E-state index is 12.6. The summed E-state index contributed by atoms with van der Waals surface area (Å²) in [6, 6.07) is 25.4. The average molecular weight is 466 g/mol. The summed E-state index contributed by atoms with van der Waals surface area (Å²) in [5, 5.41) is 0. The van der Waals surface area contributed by atoms with Gasteiger partial charge in [-0.25, -0.2) is 4.21 Å². The van der Waals surface area contributed by atoms with Crippen molar-refractivity contribution in [2.75, 3.05) is 18.0 Å². The predicted molar refractivity (Wildman–Crippen MR) is 134 cm³/mol. The molecule has 0 amide bonds. The van der Waals surface area contributed by atoms with Gasteiger partial charge in [0, 0.05) is 12.5 Å². The van der Waals surface area contributed by atoms with Crippen LogP contribution in [-0.4, -0.2) is 28.4 Å². The molecule has 0 aliphatic rings. The van der Waals surface area contributed by atoms with Crippen molar-refractivity contribution >= 4 is 22.9 Å². The van der Waals surface area contributed by atoms with Crippen LogP contribution in [-0.2, 0) is 20.8 Å². The van der Waals surface area contributed by atoms with Crippen molar-refractivity contribution in [3.05, 3.63) is 101 Å². The van der Waals surface area contributed by atoms with E-state index in [-0.39, 0.29) is 11.9 Å². The van der Waals surface area contributed by atoms with E-state index in [2.05, 4.69) is 12.1 Å². The molecular formula is C27H31NO4S. The number of rotatable bonds is 10. The summed E-state index contributed by atoms with van der Waals surface area (Å²) < 4.78 is 28.9. The Kier molecular flexibility index (Phi) is 8.80. The first-order valence-electron chi connectivity index (χ1n) is 11.0. The zero-order valence-corrected chi connectivity index (χ0v) is 20.1. The molecule has 0 bridgehead atoms. The molecule has 33 heavy (non-hydrogen) atoms. The van der Waals surface area contributed by atoms with Crippen molar-refractivity contribution in [2.45, 2.75) is 38.5 Å². The zero-order valence-electron chi connectivity index (χ0n) is 19.3. The van der Waals surface area contributed by atoms with Gasteiger partial charge >= 0.3 is 5.97 Å². The van der Waals surface area contributed by atoms with Gasteiger partial charge in [-0.15, -0.1) is 0 Å². The van der Waals surface area contributed by atoms with Crippen LogP contribution < -0.4 is 4.31 Å². The highest BCUT2D eigenvalue weighted by molar-refractivity contribution is 7.80. The average Bonchev–Trinajstić information content (AvgIpc) is 2.83. The minimum absolute atomic E-state index is 0.0566. The summed E-state index contributed by atoms with van der Waals surface area (Å²) in [6.45, 7) is 4.36. The van der Waals surface area contributed by atoms with Crippen LogP contribution in [0.25, 0.3) is 0 Å². The lowest BCUT2D eigenvalue weighted by atomic mass is 9.87. The molecule has 5 nitrogen and oxygen atoms in total. The van der Waals surface area contributed by atoms with Crippen LogP contribution in [0.15, 0.2) is 78.9 Å². The molecule has 3 aromatic carbocycles. The first kappa shape index (κ1) is 24.7. The van der Waals surface area contributed by atoms with Gasteiger partial charge in [0.25, 0.3) is 11.3 Å². The number of carbonyl (C=O) groups excluding carboxylic acids is 1. The predicted octanol–water partition coefficient (Wildman–Crippen LogP) is 5.77. The van der Waals surface area contributed by atoms with E-state index in [4.69, 9.17) is 4.74 Å². The number of benzene rings is 3. The fourth-order valence-electron chi connectivity index (χ4n) is 3.99. The molecule has 3 rings (SSSR count). The Balaban J connectivity index is 1.88. The maximum atomic E-state index is 12.6. The molecule has 0 saturated heterocycles. The van der Waals surface area contributed by atoms with Gasteiger partial charge in [-0.2, -0.15) is 0 Å². The molecule has 174 valence electrons. The fraction of sp³-hybridized carbons (Fsp3) is 0.296. The Morgan fingerprint density at radius 1 is 0.879 bits per heavy atom. The highest BCUT2D eigenvalue weighted by atomic mass is 32.2. The van der Waals surface area contributed by atoms with E-state index >= 15 is 0 Å². The van der Waals surface area contributed by atoms with Gasteiger partial charge in [-0.1, -0.05) is 77.9 Å². The number of hydrogen-bond acceptors (Lipinski definition) is 3. The SMILES string of the molecule is COC(=O)C(CCC(CN(c1ccc(C)cc1)S(=O)O)c1ccc(C)cc1)c1ccccc1. The number of nitrogens with zero attached hydrogens (tertiary/aromatic N) is 1. The Morgan fingerprint density at radius 3 is 2.00 bits per heavy atom. The van der Waals surface area contributed by atoms with Crippen LogP contribution in [0.1, 0.15) is 46.9 Å². The van der Waals surface area contributed by atoms with Gasteiger partial charge < -0.3 is 4.74 Å². The first-order valence-corrected chi connectivity index (χ1v) is 12.1. The standard InChI is InChI=1S/C27H31NO4S/c1-20-9-13-22(14-10-20)24(19-28(33(30)31)25-16-11-21(2)12-17-25)15-18-26(27(29)32-3)23-7-5-4-6-8-23/h4-14,16-17,24,26H,15,18-19H2,1-3H3,(H,30,31). The highest BCUT2D eigenvalue weighted by Gasteiger charge is 2.26. The van der Waals surface area contributed by atoms with E-state index in [1.807, 2.05) is 80.6 Å². The zero-order chi connectivity index (χ0) is 23.8. The molecule has 0 spiro atoms. The molecule has 0 aliphatic heterocycles. The molecule has 6 heteroatoms. The molecule has 0 aliphatic carbocycles. The number of methoxy groups -OCH3 is 1. The summed E-state index contributed by atoms with van der Waals surface area (Å²) >= 11 is -2.18. The third-order valence-electron chi connectivity index (χ3n) is 5.94. The summed E-state index contributed by atoms with van der Waals surface area (Å²) in [5.74, 6) is -0.722. The summed E-state index contributed by atoms with van der Waals surface area (Å²) in [7, 11) is 1.41. The van der Waals surface area contributed by atoms with Gasteiger partial charge in [0.15, 0.2) is 0 Å². The van der Waals surface area contributed by atoms with Crippen molar-refractivity contribution in [3.8, 4) is 0 Å². The maximum Gasteiger partial charge on any atom is 0.313 e. The third kappa shape index (κ3) is 6.76. The van der Waals surface area contributed by atoms with Gasteiger partial charge in [-0.3, -0.25) is 13.7 Å². The number of anilines is 1. The van der Waals surface area contributed by atoms with Gasteiger partial charge in [0.2, 0.25) is 0 Å². The van der Waals surface area contributed by atoms with Crippen LogP contribution in [0.2, 0.25) is 0 Å². The second-order valence-electron chi connectivity index (χ2n) is 8.30. The lowest BCUT2D eigenvalue weighted by molar-refractivity contribution is -0.142. The molecule has 1 N–H and O–H groups in total. The van der Waals surface area contributed by atoms with Crippen LogP contribution in [0.4, 0.5) is 5.69 Å². The topological polar surface area (TPSA) is 66.8 Å². The molecule has 3 unspecified atom stereocenters. The smallest absolute Gasteiger partial charge is 0.313 e. The highest BCUT2D eigenvalue weighted by Crippen LogP contribution is 2.31. The lowest BCUT2D eigenvalue weighted by Crippen LogP contribution is -2.30. The second-order valence-corrected chi connectivity index (χ2v) is 9.20. The fourth-order valence-corrected chi connectivity index (χ4v) is 4.60. The van der Waals surface area contributed by atoms with Crippen LogP contribution in [0, 0.1) is 13.8 Å². The van der Waals surface area contributed by atoms with Gasteiger partial charge in [0.05, 0.1) is 18.7 Å². The Labute approximate surface area is 198 Å². The number of hydrogen-bond donors (Lipinski definition) is 1. The van der Waals surface area contributed by atoms with E-state index in [0.29, 0.717) is 25.1 Å². The normalized spacial score (nSPS) is 13.7.